The van der Waals surface area contributed by atoms with Crippen LogP contribution >= 0.6 is 24.6 Å². The number of hydrogen-bond acceptors (Lipinski definition) is 3. The van der Waals surface area contributed by atoms with Gasteiger partial charge in [-0.15, -0.1) is 12.4 Å². The summed E-state index contributed by atoms with van der Waals surface area (Å²) in [5.41, 5.74) is 4.23. The molecular weight excluding hydrogens is 338 g/mol. The maximum absolute atomic E-state index is 5.79. The average Bonchev–Trinajstić information content (AvgIpc) is 2.52. The zero-order valence-corrected chi connectivity index (χ0v) is 17.1. The van der Waals surface area contributed by atoms with Crippen LogP contribution in [0.3, 0.4) is 0 Å². The Morgan fingerprint density at radius 1 is 1.12 bits per heavy atom. The summed E-state index contributed by atoms with van der Waals surface area (Å²) >= 11 is 5.79. The maximum atomic E-state index is 5.79. The van der Waals surface area contributed by atoms with Crippen LogP contribution in [0.4, 0.5) is 5.69 Å². The van der Waals surface area contributed by atoms with Gasteiger partial charge in [0.05, 0.1) is 0 Å². The van der Waals surface area contributed by atoms with E-state index in [2.05, 4.69) is 67.8 Å². The molecule has 2 aliphatic rings. The molecule has 24 heavy (non-hydrogen) atoms. The van der Waals surface area contributed by atoms with E-state index in [0.717, 1.165) is 31.2 Å². The summed E-state index contributed by atoms with van der Waals surface area (Å²) in [6.07, 6.45) is 1.18. The van der Waals surface area contributed by atoms with Crippen LogP contribution in [0.1, 0.15) is 44.2 Å². The number of likely N-dealkylation sites (N-methyl/N-ethyl adjacent to an activating group) is 1. The molecular formula is C19H30ClN3S. The first-order valence-corrected chi connectivity index (χ1v) is 9.06. The molecule has 3 rings (SSSR count). The highest BCUT2D eigenvalue weighted by molar-refractivity contribution is 7.80. The number of anilines is 1. The van der Waals surface area contributed by atoms with Crippen LogP contribution in [-0.4, -0.2) is 60.6 Å². The highest BCUT2D eigenvalue weighted by Gasteiger charge is 2.34. The molecule has 0 aromatic heterocycles. The standard InChI is InChI=1S/C19H29N3S.ClH/c1-14-13-19(2,3)21(5)17-7-6-15(12-16(14)17)18(23)22-10-8-20(4)9-11-22;/h6-7,12,14H,8-11,13H2,1-5H3;1H. The topological polar surface area (TPSA) is 9.72 Å². The van der Waals surface area contributed by atoms with E-state index in [0.29, 0.717) is 5.92 Å². The number of nitrogens with zero attached hydrogens (tertiary/aromatic N) is 3. The van der Waals surface area contributed by atoms with Gasteiger partial charge in [-0.25, -0.2) is 0 Å². The smallest absolute Gasteiger partial charge is 0.109 e. The number of rotatable bonds is 1. The van der Waals surface area contributed by atoms with Gasteiger partial charge >= 0.3 is 0 Å². The van der Waals surface area contributed by atoms with Gasteiger partial charge in [-0.1, -0.05) is 19.1 Å². The third kappa shape index (κ3) is 3.56. The third-order valence-corrected chi connectivity index (χ3v) is 6.16. The summed E-state index contributed by atoms with van der Waals surface area (Å²) in [5, 5.41) is 0. The van der Waals surface area contributed by atoms with E-state index in [1.165, 1.54) is 23.2 Å². The van der Waals surface area contributed by atoms with Crippen molar-refractivity contribution in [1.82, 2.24) is 9.80 Å². The quantitative estimate of drug-likeness (QED) is 0.699. The maximum Gasteiger partial charge on any atom is 0.109 e. The van der Waals surface area contributed by atoms with Crippen molar-refractivity contribution < 1.29 is 0 Å². The van der Waals surface area contributed by atoms with Crippen molar-refractivity contribution in [3.8, 4) is 0 Å². The summed E-state index contributed by atoms with van der Waals surface area (Å²) < 4.78 is 0. The monoisotopic (exact) mass is 367 g/mol. The molecule has 2 aliphatic heterocycles. The van der Waals surface area contributed by atoms with Gasteiger partial charge in [0.2, 0.25) is 0 Å². The first kappa shape index (κ1) is 19.5. The Morgan fingerprint density at radius 3 is 2.38 bits per heavy atom. The summed E-state index contributed by atoms with van der Waals surface area (Å²) in [4.78, 5) is 8.16. The largest absolute Gasteiger partial charge is 0.369 e. The summed E-state index contributed by atoms with van der Waals surface area (Å²) in [6.45, 7) is 11.3. The fourth-order valence-electron chi connectivity index (χ4n) is 3.90. The third-order valence-electron chi connectivity index (χ3n) is 5.67. The molecule has 0 N–H and O–H groups in total. The first-order chi connectivity index (χ1) is 10.8. The van der Waals surface area contributed by atoms with Gasteiger partial charge < -0.3 is 14.7 Å². The summed E-state index contributed by atoms with van der Waals surface area (Å²) in [6, 6.07) is 6.82. The lowest BCUT2D eigenvalue weighted by atomic mass is 9.80. The number of halogens is 1. The Kier molecular flexibility index (Phi) is 5.83. The fraction of sp³-hybridized carbons (Fsp3) is 0.632. The Morgan fingerprint density at radius 2 is 1.75 bits per heavy atom. The second kappa shape index (κ2) is 7.19. The van der Waals surface area contributed by atoms with Gasteiger partial charge in [0.15, 0.2) is 0 Å². The molecule has 2 heterocycles. The van der Waals surface area contributed by atoms with Crippen molar-refractivity contribution >= 4 is 35.3 Å². The van der Waals surface area contributed by atoms with Crippen LogP contribution < -0.4 is 4.90 Å². The number of benzene rings is 1. The molecule has 134 valence electrons. The van der Waals surface area contributed by atoms with Gasteiger partial charge in [-0.3, -0.25) is 0 Å². The van der Waals surface area contributed by atoms with Crippen LogP contribution in [0.25, 0.3) is 0 Å². The van der Waals surface area contributed by atoms with Crippen LogP contribution in [0.5, 0.6) is 0 Å². The van der Waals surface area contributed by atoms with Gasteiger partial charge in [0, 0.05) is 50.0 Å². The molecule has 1 atom stereocenters. The molecule has 1 saturated heterocycles. The number of hydrogen-bond donors (Lipinski definition) is 0. The molecule has 0 bridgehead atoms. The van der Waals surface area contributed by atoms with E-state index < -0.39 is 0 Å². The molecule has 1 aromatic rings. The fourth-order valence-corrected chi connectivity index (χ4v) is 4.21. The number of piperazine rings is 1. The predicted octanol–water partition coefficient (Wildman–Crippen LogP) is 3.75. The van der Waals surface area contributed by atoms with Crippen LogP contribution in [0, 0.1) is 0 Å². The molecule has 0 spiro atoms. The molecule has 0 amide bonds. The Balaban J connectivity index is 0.00000208. The van der Waals surface area contributed by atoms with E-state index in [4.69, 9.17) is 12.2 Å². The van der Waals surface area contributed by atoms with Crippen molar-refractivity contribution in [2.75, 3.05) is 45.2 Å². The van der Waals surface area contributed by atoms with Crippen LogP contribution in [0.15, 0.2) is 18.2 Å². The predicted molar refractivity (Wildman–Crippen MR) is 110 cm³/mol. The van der Waals surface area contributed by atoms with E-state index in [1.54, 1.807) is 0 Å². The van der Waals surface area contributed by atoms with Crippen LogP contribution in [0.2, 0.25) is 0 Å². The highest BCUT2D eigenvalue weighted by atomic mass is 35.5. The zero-order valence-electron chi connectivity index (χ0n) is 15.5. The Hall–Kier alpha value is -0.840. The van der Waals surface area contributed by atoms with E-state index in [-0.39, 0.29) is 17.9 Å². The minimum Gasteiger partial charge on any atom is -0.369 e. The molecule has 3 nitrogen and oxygen atoms in total. The summed E-state index contributed by atoms with van der Waals surface area (Å²) in [7, 11) is 4.39. The highest BCUT2D eigenvalue weighted by Crippen LogP contribution is 2.42. The lowest BCUT2D eigenvalue weighted by molar-refractivity contribution is 0.218. The molecule has 0 aliphatic carbocycles. The van der Waals surface area contributed by atoms with Gasteiger partial charge in [-0.05, 0) is 57.0 Å². The zero-order chi connectivity index (χ0) is 16.8. The molecule has 0 radical (unpaired) electrons. The Labute approximate surface area is 158 Å². The minimum absolute atomic E-state index is 0. The average molecular weight is 368 g/mol. The van der Waals surface area contributed by atoms with Gasteiger partial charge in [0.1, 0.15) is 4.99 Å². The van der Waals surface area contributed by atoms with E-state index in [9.17, 15) is 0 Å². The lowest BCUT2D eigenvalue weighted by Crippen LogP contribution is -2.47. The van der Waals surface area contributed by atoms with Crippen molar-refractivity contribution in [3.05, 3.63) is 29.3 Å². The second-order valence-corrected chi connectivity index (χ2v) is 8.23. The molecule has 0 saturated carbocycles. The SMILES string of the molecule is CC1CC(C)(C)N(C)c2ccc(C(=S)N3CCN(C)CC3)cc21.Cl. The van der Waals surface area contributed by atoms with Gasteiger partial charge in [-0.2, -0.15) is 0 Å². The number of fused-ring (bicyclic) bond motifs is 1. The normalized spacial score (nSPS) is 23.5. The van der Waals surface area contributed by atoms with E-state index in [1.807, 2.05) is 0 Å². The second-order valence-electron chi connectivity index (χ2n) is 7.85. The minimum atomic E-state index is 0. The number of thiocarbonyl (C=S) groups is 1. The Bertz CT molecular complexity index is 609. The molecule has 1 aromatic carbocycles. The van der Waals surface area contributed by atoms with Crippen molar-refractivity contribution in [3.63, 3.8) is 0 Å². The van der Waals surface area contributed by atoms with Crippen molar-refractivity contribution in [2.45, 2.75) is 38.6 Å². The lowest BCUT2D eigenvalue weighted by Gasteiger charge is -2.45. The van der Waals surface area contributed by atoms with Crippen LogP contribution in [-0.2, 0) is 0 Å². The first-order valence-electron chi connectivity index (χ1n) is 8.65. The summed E-state index contributed by atoms with van der Waals surface area (Å²) in [5.74, 6) is 0.575. The van der Waals surface area contributed by atoms with E-state index >= 15 is 0 Å². The molecule has 1 unspecified atom stereocenters. The van der Waals surface area contributed by atoms with Crippen molar-refractivity contribution in [1.29, 1.82) is 0 Å². The molecule has 1 fully saturated rings. The van der Waals surface area contributed by atoms with Crippen molar-refractivity contribution in [2.24, 2.45) is 0 Å². The van der Waals surface area contributed by atoms with Gasteiger partial charge in [0.25, 0.3) is 0 Å². The molecule has 5 heteroatoms.